The van der Waals surface area contributed by atoms with Gasteiger partial charge in [0.05, 0.1) is 23.6 Å². The zero-order chi connectivity index (χ0) is 13.2. The molecule has 7 nitrogen and oxygen atoms in total. The number of hydrogen-bond acceptors (Lipinski definition) is 6. The van der Waals surface area contributed by atoms with Crippen molar-refractivity contribution in [3.63, 3.8) is 0 Å². The summed E-state index contributed by atoms with van der Waals surface area (Å²) >= 11 is 0. The van der Waals surface area contributed by atoms with Crippen molar-refractivity contribution in [2.45, 2.75) is 38.8 Å². The van der Waals surface area contributed by atoms with Crippen LogP contribution in [0.3, 0.4) is 0 Å². The molecule has 0 amide bonds. The number of aromatic nitrogens is 4. The van der Waals surface area contributed by atoms with Crippen molar-refractivity contribution in [2.24, 2.45) is 0 Å². The van der Waals surface area contributed by atoms with Crippen LogP contribution in [0.25, 0.3) is 0 Å². The summed E-state index contributed by atoms with van der Waals surface area (Å²) < 4.78 is 24.9. The van der Waals surface area contributed by atoms with Crippen LogP contribution < -0.4 is 5.32 Å². The molecule has 1 unspecified atom stereocenters. The van der Waals surface area contributed by atoms with Crippen molar-refractivity contribution in [3.05, 3.63) is 5.82 Å². The average molecular weight is 273 g/mol. The van der Waals surface area contributed by atoms with Gasteiger partial charge >= 0.3 is 0 Å². The van der Waals surface area contributed by atoms with Crippen molar-refractivity contribution < 1.29 is 8.42 Å². The summed E-state index contributed by atoms with van der Waals surface area (Å²) in [6.45, 7) is 5.44. The van der Waals surface area contributed by atoms with E-state index in [4.69, 9.17) is 0 Å². The Labute approximate surface area is 107 Å². The lowest BCUT2D eigenvalue weighted by atomic mass is 10.0. The second-order valence-electron chi connectivity index (χ2n) is 5.02. The van der Waals surface area contributed by atoms with Crippen molar-refractivity contribution in [1.29, 1.82) is 0 Å². The van der Waals surface area contributed by atoms with E-state index in [2.05, 4.69) is 27.8 Å². The molecule has 1 aliphatic rings. The third kappa shape index (κ3) is 2.69. The molecule has 1 aromatic rings. The van der Waals surface area contributed by atoms with Gasteiger partial charge in [-0.3, -0.25) is 0 Å². The predicted molar refractivity (Wildman–Crippen MR) is 66.7 cm³/mol. The lowest BCUT2D eigenvalue weighted by molar-refractivity contribution is 0.308. The number of nitrogens with zero attached hydrogens (tertiary/aromatic N) is 4. The van der Waals surface area contributed by atoms with E-state index in [1.165, 1.54) is 0 Å². The maximum atomic E-state index is 11.6. The number of hydrogen-bond donors (Lipinski definition) is 1. The van der Waals surface area contributed by atoms with E-state index in [-0.39, 0.29) is 11.5 Å². The Bertz CT molecular complexity index is 512. The number of nitrogens with one attached hydrogen (secondary N) is 1. The average Bonchev–Trinajstić information content (AvgIpc) is 2.85. The van der Waals surface area contributed by atoms with Gasteiger partial charge in [-0.2, -0.15) is 0 Å². The van der Waals surface area contributed by atoms with Gasteiger partial charge in [-0.1, -0.05) is 6.92 Å². The molecule has 102 valence electrons. The monoisotopic (exact) mass is 273 g/mol. The van der Waals surface area contributed by atoms with Crippen LogP contribution >= 0.6 is 0 Å². The molecule has 0 saturated carbocycles. The molecular formula is C10H19N5O2S. The molecule has 1 fully saturated rings. The van der Waals surface area contributed by atoms with E-state index in [1.807, 2.05) is 6.92 Å². The summed E-state index contributed by atoms with van der Waals surface area (Å²) in [4.78, 5) is 0. The molecule has 1 saturated heterocycles. The van der Waals surface area contributed by atoms with Gasteiger partial charge in [0.25, 0.3) is 0 Å². The van der Waals surface area contributed by atoms with Crippen LogP contribution in [-0.2, 0) is 21.9 Å². The molecule has 1 atom stereocenters. The highest BCUT2D eigenvalue weighted by molar-refractivity contribution is 7.91. The number of rotatable bonds is 5. The van der Waals surface area contributed by atoms with Gasteiger partial charge in [0.2, 0.25) is 0 Å². The Hall–Kier alpha value is -1.02. The summed E-state index contributed by atoms with van der Waals surface area (Å²) in [7, 11) is -2.96. The Morgan fingerprint density at radius 2 is 2.28 bits per heavy atom. The van der Waals surface area contributed by atoms with Crippen molar-refractivity contribution in [3.8, 4) is 0 Å². The molecule has 0 bridgehead atoms. The molecule has 0 radical (unpaired) electrons. The largest absolute Gasteiger partial charge is 0.310 e. The van der Waals surface area contributed by atoms with Gasteiger partial charge in [0.15, 0.2) is 15.7 Å². The minimum atomic E-state index is -2.96. The smallest absolute Gasteiger partial charge is 0.165 e. The minimum Gasteiger partial charge on any atom is -0.310 e. The molecule has 18 heavy (non-hydrogen) atoms. The highest BCUT2D eigenvalue weighted by atomic mass is 32.2. The quantitative estimate of drug-likeness (QED) is 0.741. The van der Waals surface area contributed by atoms with Crippen LogP contribution in [-0.4, -0.2) is 46.7 Å². The molecule has 1 aliphatic heterocycles. The van der Waals surface area contributed by atoms with Gasteiger partial charge < -0.3 is 5.32 Å². The van der Waals surface area contributed by atoms with E-state index >= 15 is 0 Å². The second kappa shape index (κ2) is 4.93. The van der Waals surface area contributed by atoms with Gasteiger partial charge in [-0.05, 0) is 36.7 Å². The Morgan fingerprint density at radius 3 is 2.89 bits per heavy atom. The fourth-order valence-corrected chi connectivity index (χ4v) is 4.38. The van der Waals surface area contributed by atoms with E-state index in [1.54, 1.807) is 4.68 Å². The highest BCUT2D eigenvalue weighted by Crippen LogP contribution is 2.30. The first-order valence-electron chi connectivity index (χ1n) is 6.16. The lowest BCUT2D eigenvalue weighted by Gasteiger charge is -2.23. The van der Waals surface area contributed by atoms with E-state index in [9.17, 15) is 8.42 Å². The summed E-state index contributed by atoms with van der Waals surface area (Å²) in [6, 6.07) is 0. The SMILES string of the molecule is CCCNCc1nnnn1C1(C)CCS(=O)(=O)C1. The standard InChI is InChI=1S/C10H19N5O2S/c1-3-5-11-7-9-12-13-14-15(9)10(2)4-6-18(16,17)8-10/h11H,3-8H2,1-2H3. The van der Waals surface area contributed by atoms with Crippen molar-refractivity contribution >= 4 is 9.84 Å². The number of tetrazole rings is 1. The Kier molecular flexibility index (Phi) is 3.67. The van der Waals surface area contributed by atoms with Gasteiger partial charge in [-0.15, -0.1) is 5.10 Å². The van der Waals surface area contributed by atoms with Crippen LogP contribution in [0.4, 0.5) is 0 Å². The zero-order valence-corrected chi connectivity index (χ0v) is 11.6. The lowest BCUT2D eigenvalue weighted by Crippen LogP contribution is -2.35. The third-order valence-electron chi connectivity index (χ3n) is 3.24. The van der Waals surface area contributed by atoms with Crippen LogP contribution in [0.2, 0.25) is 0 Å². The first-order chi connectivity index (χ1) is 8.47. The van der Waals surface area contributed by atoms with Crippen molar-refractivity contribution in [2.75, 3.05) is 18.1 Å². The number of sulfone groups is 1. The van der Waals surface area contributed by atoms with E-state index in [0.717, 1.165) is 13.0 Å². The molecule has 8 heteroatoms. The Balaban J connectivity index is 2.16. The normalized spacial score (nSPS) is 26.6. The van der Waals surface area contributed by atoms with Crippen LogP contribution in [0.5, 0.6) is 0 Å². The fraction of sp³-hybridized carbons (Fsp3) is 0.900. The minimum absolute atomic E-state index is 0.117. The maximum Gasteiger partial charge on any atom is 0.165 e. The molecular weight excluding hydrogens is 254 g/mol. The topological polar surface area (TPSA) is 89.8 Å². The first kappa shape index (κ1) is 13.4. The maximum absolute atomic E-state index is 11.6. The molecule has 1 N–H and O–H groups in total. The first-order valence-corrected chi connectivity index (χ1v) is 7.98. The van der Waals surface area contributed by atoms with Gasteiger partial charge in [0.1, 0.15) is 0 Å². The molecule has 0 aliphatic carbocycles. The summed E-state index contributed by atoms with van der Waals surface area (Å²) in [5.41, 5.74) is -0.508. The third-order valence-corrected chi connectivity index (χ3v) is 5.13. The summed E-state index contributed by atoms with van der Waals surface area (Å²) in [6.07, 6.45) is 1.61. The highest BCUT2D eigenvalue weighted by Gasteiger charge is 2.42. The zero-order valence-electron chi connectivity index (χ0n) is 10.8. The van der Waals surface area contributed by atoms with Gasteiger partial charge in [0, 0.05) is 0 Å². The van der Waals surface area contributed by atoms with Crippen LogP contribution in [0.1, 0.15) is 32.5 Å². The molecule has 2 heterocycles. The summed E-state index contributed by atoms with van der Waals surface area (Å²) in [5.74, 6) is 1.03. The second-order valence-corrected chi connectivity index (χ2v) is 7.21. The van der Waals surface area contributed by atoms with Gasteiger partial charge in [-0.25, -0.2) is 13.1 Å². The molecule has 0 aromatic carbocycles. The van der Waals surface area contributed by atoms with E-state index < -0.39 is 15.4 Å². The predicted octanol–water partition coefficient (Wildman–Crippen LogP) is -0.294. The van der Waals surface area contributed by atoms with E-state index in [0.29, 0.717) is 18.8 Å². The van der Waals surface area contributed by atoms with Crippen LogP contribution in [0.15, 0.2) is 0 Å². The fourth-order valence-electron chi connectivity index (χ4n) is 2.27. The molecule has 2 rings (SSSR count). The molecule has 1 aromatic heterocycles. The van der Waals surface area contributed by atoms with Crippen LogP contribution in [0, 0.1) is 0 Å². The Morgan fingerprint density at radius 1 is 1.50 bits per heavy atom. The van der Waals surface area contributed by atoms with Crippen molar-refractivity contribution in [1.82, 2.24) is 25.5 Å². The summed E-state index contributed by atoms with van der Waals surface area (Å²) in [5, 5.41) is 14.8. The molecule has 0 spiro atoms.